The van der Waals surface area contributed by atoms with E-state index in [9.17, 15) is 0 Å². The molecule has 0 spiro atoms. The average molecular weight is 336 g/mol. The fraction of sp³-hybridized carbons (Fsp3) is 0.158. The highest BCUT2D eigenvalue weighted by atomic mass is 16.5. The van der Waals surface area contributed by atoms with E-state index in [4.69, 9.17) is 9.47 Å². The number of rotatable bonds is 7. The molecule has 25 heavy (non-hydrogen) atoms. The van der Waals surface area contributed by atoms with Crippen LogP contribution in [-0.4, -0.2) is 24.2 Å². The second-order valence-corrected chi connectivity index (χ2v) is 5.30. The molecule has 1 aromatic heterocycles. The maximum absolute atomic E-state index is 5.32. The molecule has 0 aliphatic heterocycles. The van der Waals surface area contributed by atoms with Gasteiger partial charge in [-0.25, -0.2) is 4.98 Å². The van der Waals surface area contributed by atoms with Crippen LogP contribution in [-0.2, 0) is 6.54 Å². The van der Waals surface area contributed by atoms with Gasteiger partial charge in [-0.3, -0.25) is 0 Å². The van der Waals surface area contributed by atoms with Gasteiger partial charge >= 0.3 is 0 Å². The first-order valence-electron chi connectivity index (χ1n) is 7.88. The molecule has 3 aromatic rings. The maximum Gasteiger partial charge on any atom is 0.224 e. The molecule has 3 rings (SSSR count). The number of hydrogen-bond acceptors (Lipinski definition) is 6. The van der Waals surface area contributed by atoms with Crippen molar-refractivity contribution in [3.8, 4) is 11.5 Å². The summed E-state index contributed by atoms with van der Waals surface area (Å²) in [6.07, 6.45) is 1.71. The van der Waals surface area contributed by atoms with E-state index in [1.807, 2.05) is 42.5 Å². The molecule has 2 aromatic carbocycles. The monoisotopic (exact) mass is 336 g/mol. The van der Waals surface area contributed by atoms with E-state index in [0.29, 0.717) is 29.8 Å². The van der Waals surface area contributed by atoms with Crippen molar-refractivity contribution in [3.63, 3.8) is 0 Å². The van der Waals surface area contributed by atoms with Gasteiger partial charge in [0.25, 0.3) is 0 Å². The minimum Gasteiger partial charge on any atom is -0.493 e. The Kier molecular flexibility index (Phi) is 5.31. The molecule has 6 heteroatoms. The summed E-state index contributed by atoms with van der Waals surface area (Å²) >= 11 is 0. The first-order valence-corrected chi connectivity index (χ1v) is 7.88. The standard InChI is InChI=1S/C19H20N4O2/c1-24-16-9-8-15(12-17(16)25-2)22-18-10-11-20-19(23-18)21-13-14-6-4-3-5-7-14/h3-12H,13H2,1-2H3,(H2,20,21,22,23). The number of anilines is 3. The number of benzene rings is 2. The first kappa shape index (κ1) is 16.6. The van der Waals surface area contributed by atoms with Crippen LogP contribution in [0.5, 0.6) is 11.5 Å². The van der Waals surface area contributed by atoms with Crippen molar-refractivity contribution in [2.24, 2.45) is 0 Å². The summed E-state index contributed by atoms with van der Waals surface area (Å²) in [7, 11) is 3.22. The molecule has 0 bridgehead atoms. The van der Waals surface area contributed by atoms with Crippen molar-refractivity contribution in [1.82, 2.24) is 9.97 Å². The molecule has 0 amide bonds. The Hall–Kier alpha value is -3.28. The highest BCUT2D eigenvalue weighted by Gasteiger charge is 2.06. The minimum atomic E-state index is 0.564. The van der Waals surface area contributed by atoms with Gasteiger partial charge < -0.3 is 20.1 Å². The van der Waals surface area contributed by atoms with Crippen molar-refractivity contribution in [2.45, 2.75) is 6.54 Å². The number of nitrogens with one attached hydrogen (secondary N) is 2. The molecule has 0 saturated heterocycles. The Morgan fingerprint density at radius 3 is 2.48 bits per heavy atom. The second-order valence-electron chi connectivity index (χ2n) is 5.30. The minimum absolute atomic E-state index is 0.564. The Bertz CT molecular complexity index is 825. The molecule has 0 saturated carbocycles. The topological polar surface area (TPSA) is 68.3 Å². The van der Waals surface area contributed by atoms with Crippen LogP contribution in [0.1, 0.15) is 5.56 Å². The summed E-state index contributed by atoms with van der Waals surface area (Å²) in [4.78, 5) is 8.73. The molecule has 2 N–H and O–H groups in total. The third-order valence-electron chi connectivity index (χ3n) is 3.60. The summed E-state index contributed by atoms with van der Waals surface area (Å²) in [6, 6.07) is 17.5. The molecule has 0 aliphatic carbocycles. The van der Waals surface area contributed by atoms with Gasteiger partial charge in [0.15, 0.2) is 11.5 Å². The lowest BCUT2D eigenvalue weighted by atomic mass is 10.2. The third kappa shape index (κ3) is 4.38. The van der Waals surface area contributed by atoms with Gasteiger partial charge in [-0.1, -0.05) is 30.3 Å². The van der Waals surface area contributed by atoms with Crippen LogP contribution in [0.25, 0.3) is 0 Å². The molecule has 0 aliphatic rings. The first-order chi connectivity index (χ1) is 12.3. The van der Waals surface area contributed by atoms with Crippen molar-refractivity contribution in [3.05, 3.63) is 66.4 Å². The highest BCUT2D eigenvalue weighted by molar-refractivity contribution is 5.61. The van der Waals surface area contributed by atoms with Gasteiger partial charge in [-0.05, 0) is 23.8 Å². The van der Waals surface area contributed by atoms with Crippen LogP contribution in [0.4, 0.5) is 17.5 Å². The van der Waals surface area contributed by atoms with Crippen LogP contribution < -0.4 is 20.1 Å². The number of ether oxygens (including phenoxy) is 2. The van der Waals surface area contributed by atoms with E-state index in [1.54, 1.807) is 20.4 Å². The number of methoxy groups -OCH3 is 2. The lowest BCUT2D eigenvalue weighted by Gasteiger charge is -2.11. The number of hydrogen-bond donors (Lipinski definition) is 2. The molecular weight excluding hydrogens is 316 g/mol. The average Bonchev–Trinajstić information content (AvgIpc) is 2.67. The van der Waals surface area contributed by atoms with E-state index in [2.05, 4.69) is 32.7 Å². The maximum atomic E-state index is 5.32. The normalized spacial score (nSPS) is 10.2. The van der Waals surface area contributed by atoms with E-state index >= 15 is 0 Å². The zero-order valence-corrected chi connectivity index (χ0v) is 14.2. The summed E-state index contributed by atoms with van der Waals surface area (Å²) in [5.41, 5.74) is 2.02. The number of nitrogens with zero attached hydrogens (tertiary/aromatic N) is 2. The zero-order valence-electron chi connectivity index (χ0n) is 14.2. The molecular formula is C19H20N4O2. The number of aromatic nitrogens is 2. The van der Waals surface area contributed by atoms with E-state index in [-0.39, 0.29) is 0 Å². The van der Waals surface area contributed by atoms with Gasteiger partial charge in [0.1, 0.15) is 5.82 Å². The molecule has 128 valence electrons. The quantitative estimate of drug-likeness (QED) is 0.683. The molecule has 0 fully saturated rings. The van der Waals surface area contributed by atoms with Crippen LogP contribution in [0, 0.1) is 0 Å². The smallest absolute Gasteiger partial charge is 0.224 e. The summed E-state index contributed by atoms with van der Waals surface area (Å²) in [5.74, 6) is 2.59. The zero-order chi connectivity index (χ0) is 17.5. The van der Waals surface area contributed by atoms with Crippen LogP contribution in [0.3, 0.4) is 0 Å². The predicted molar refractivity (Wildman–Crippen MR) is 98.6 cm³/mol. The van der Waals surface area contributed by atoms with Crippen molar-refractivity contribution in [2.75, 3.05) is 24.9 Å². The molecule has 0 atom stereocenters. The Labute approximate surface area is 146 Å². The molecule has 6 nitrogen and oxygen atoms in total. The van der Waals surface area contributed by atoms with Crippen LogP contribution in [0.15, 0.2) is 60.8 Å². The Balaban J connectivity index is 1.69. The van der Waals surface area contributed by atoms with Gasteiger partial charge in [0.2, 0.25) is 5.95 Å². The fourth-order valence-electron chi connectivity index (χ4n) is 2.35. The summed E-state index contributed by atoms with van der Waals surface area (Å²) in [5, 5.41) is 6.46. The van der Waals surface area contributed by atoms with Crippen LogP contribution >= 0.6 is 0 Å². The van der Waals surface area contributed by atoms with Crippen molar-refractivity contribution >= 4 is 17.5 Å². The predicted octanol–water partition coefficient (Wildman–Crippen LogP) is 3.85. The second kappa shape index (κ2) is 8.01. The van der Waals surface area contributed by atoms with Crippen LogP contribution in [0.2, 0.25) is 0 Å². The van der Waals surface area contributed by atoms with Gasteiger partial charge in [0, 0.05) is 24.5 Å². The molecule has 1 heterocycles. The summed E-state index contributed by atoms with van der Waals surface area (Å²) < 4.78 is 10.6. The van der Waals surface area contributed by atoms with E-state index in [1.165, 1.54) is 5.56 Å². The van der Waals surface area contributed by atoms with Gasteiger partial charge in [-0.2, -0.15) is 4.98 Å². The fourth-order valence-corrected chi connectivity index (χ4v) is 2.35. The van der Waals surface area contributed by atoms with Crippen molar-refractivity contribution < 1.29 is 9.47 Å². The van der Waals surface area contributed by atoms with E-state index in [0.717, 1.165) is 5.69 Å². The van der Waals surface area contributed by atoms with Gasteiger partial charge in [0.05, 0.1) is 14.2 Å². The highest BCUT2D eigenvalue weighted by Crippen LogP contribution is 2.30. The Morgan fingerprint density at radius 1 is 0.920 bits per heavy atom. The molecule has 0 unspecified atom stereocenters. The third-order valence-corrected chi connectivity index (χ3v) is 3.60. The molecule has 0 radical (unpaired) electrons. The lowest BCUT2D eigenvalue weighted by molar-refractivity contribution is 0.355. The summed E-state index contributed by atoms with van der Waals surface area (Å²) in [6.45, 7) is 0.667. The lowest BCUT2D eigenvalue weighted by Crippen LogP contribution is -2.05. The Morgan fingerprint density at radius 2 is 1.72 bits per heavy atom. The largest absolute Gasteiger partial charge is 0.493 e. The van der Waals surface area contributed by atoms with E-state index < -0.39 is 0 Å². The SMILES string of the molecule is COc1ccc(Nc2ccnc(NCc3ccccc3)n2)cc1OC. The van der Waals surface area contributed by atoms with Gasteiger partial charge in [-0.15, -0.1) is 0 Å². The van der Waals surface area contributed by atoms with Crippen molar-refractivity contribution in [1.29, 1.82) is 0 Å².